The third kappa shape index (κ3) is 8.27. The fourth-order valence-corrected chi connectivity index (χ4v) is 4.19. The van der Waals surface area contributed by atoms with Crippen LogP contribution in [0.4, 0.5) is 5.69 Å². The van der Waals surface area contributed by atoms with Crippen LogP contribution < -0.4 is 10.1 Å². The van der Waals surface area contributed by atoms with Crippen molar-refractivity contribution in [2.75, 3.05) is 38.2 Å². The van der Waals surface area contributed by atoms with Crippen molar-refractivity contribution in [2.45, 2.75) is 72.3 Å². The number of hydrogen-bond donors (Lipinski definition) is 1. The van der Waals surface area contributed by atoms with Gasteiger partial charge in [0, 0.05) is 25.4 Å². The third-order valence-corrected chi connectivity index (χ3v) is 5.64. The number of nitrogens with zero attached hydrogens (tertiary/aromatic N) is 1. The number of ether oxygens (including phenoxy) is 2. The van der Waals surface area contributed by atoms with Gasteiger partial charge in [-0.2, -0.15) is 0 Å². The van der Waals surface area contributed by atoms with Crippen LogP contribution in [0.1, 0.15) is 66.7 Å². The maximum Gasteiger partial charge on any atom is 0.256 e. The van der Waals surface area contributed by atoms with E-state index in [0.717, 1.165) is 36.7 Å². The van der Waals surface area contributed by atoms with E-state index in [9.17, 15) is 4.79 Å². The van der Waals surface area contributed by atoms with Crippen molar-refractivity contribution < 1.29 is 14.3 Å². The summed E-state index contributed by atoms with van der Waals surface area (Å²) in [4.78, 5) is 15.4. The third-order valence-electron chi connectivity index (χ3n) is 5.64. The van der Waals surface area contributed by atoms with E-state index < -0.39 is 5.60 Å². The Morgan fingerprint density at radius 2 is 2.00 bits per heavy atom. The van der Waals surface area contributed by atoms with Crippen molar-refractivity contribution in [2.24, 2.45) is 11.8 Å². The highest BCUT2D eigenvalue weighted by Gasteiger charge is 2.34. The number of anilines is 1. The molecule has 1 N–H and O–H groups in total. The van der Waals surface area contributed by atoms with Crippen LogP contribution in [0.15, 0.2) is 24.3 Å². The van der Waals surface area contributed by atoms with Crippen LogP contribution in [0.25, 0.3) is 0 Å². The van der Waals surface area contributed by atoms with Gasteiger partial charge in [0.25, 0.3) is 5.91 Å². The van der Waals surface area contributed by atoms with Crippen molar-refractivity contribution in [3.8, 4) is 5.75 Å². The molecule has 5 heteroatoms. The van der Waals surface area contributed by atoms with Crippen LogP contribution in [0.3, 0.4) is 0 Å². The number of piperidine rings is 1. The predicted octanol–water partition coefficient (Wildman–Crippen LogP) is 5.36. The van der Waals surface area contributed by atoms with Crippen LogP contribution in [0.2, 0.25) is 0 Å². The van der Waals surface area contributed by atoms with Crippen molar-refractivity contribution in [1.82, 2.24) is 4.90 Å². The average Bonchev–Trinajstić information content (AvgIpc) is 2.70. The molecule has 0 aliphatic carbocycles. The number of benzene rings is 1. The molecule has 1 fully saturated rings. The van der Waals surface area contributed by atoms with Crippen LogP contribution >= 0.6 is 0 Å². The van der Waals surface area contributed by atoms with Gasteiger partial charge in [-0.05, 0) is 81.7 Å². The van der Waals surface area contributed by atoms with E-state index in [0.29, 0.717) is 25.6 Å². The molecule has 1 aliphatic rings. The van der Waals surface area contributed by atoms with Gasteiger partial charge in [0.05, 0.1) is 6.61 Å². The lowest BCUT2D eigenvalue weighted by molar-refractivity contribution is -0.141. The topological polar surface area (TPSA) is 50.8 Å². The summed E-state index contributed by atoms with van der Waals surface area (Å²) in [6.45, 7) is 15.3. The number of carbonyl (C=O) groups excluding carboxylic acids is 1. The van der Waals surface area contributed by atoms with Crippen molar-refractivity contribution >= 4 is 11.6 Å². The summed E-state index contributed by atoms with van der Waals surface area (Å²) in [5, 5.41) is 3.01. The number of carbonyl (C=O) groups is 1. The molecule has 1 aromatic rings. The second kappa shape index (κ2) is 12.3. The summed E-state index contributed by atoms with van der Waals surface area (Å²) in [7, 11) is 0. The zero-order valence-electron chi connectivity index (χ0n) is 19.7. The molecule has 2 rings (SSSR count). The molecule has 5 nitrogen and oxygen atoms in total. The van der Waals surface area contributed by atoms with E-state index in [1.54, 1.807) is 0 Å². The van der Waals surface area contributed by atoms with Crippen LogP contribution in [0, 0.1) is 11.8 Å². The van der Waals surface area contributed by atoms with Gasteiger partial charge in [-0.3, -0.25) is 4.79 Å². The first-order valence-corrected chi connectivity index (χ1v) is 11.7. The molecule has 1 heterocycles. The monoisotopic (exact) mass is 418 g/mol. The Balaban J connectivity index is 1.79. The van der Waals surface area contributed by atoms with Crippen molar-refractivity contribution in [3.63, 3.8) is 0 Å². The standard InChI is InChI=1S/C25H42N2O3/c1-6-16-30-25(5,18-20(2)3)24(28)26-22-10-12-23(13-11-22)29-17-8-15-27-14-7-9-21(4)19-27/h10-13,20-21H,6-9,14-19H2,1-5H3,(H,26,28). The molecular weight excluding hydrogens is 376 g/mol. The first-order valence-electron chi connectivity index (χ1n) is 11.7. The van der Waals surface area contributed by atoms with Gasteiger partial charge in [0.15, 0.2) is 0 Å². The second-order valence-corrected chi connectivity index (χ2v) is 9.41. The number of amides is 1. The lowest BCUT2D eigenvalue weighted by Gasteiger charge is -2.30. The minimum atomic E-state index is -0.814. The van der Waals surface area contributed by atoms with Crippen molar-refractivity contribution in [3.05, 3.63) is 24.3 Å². The highest BCUT2D eigenvalue weighted by Crippen LogP contribution is 2.25. The van der Waals surface area contributed by atoms with Gasteiger partial charge in [0.1, 0.15) is 11.4 Å². The molecule has 1 saturated heterocycles. The normalized spacial score (nSPS) is 19.5. The van der Waals surface area contributed by atoms with Gasteiger partial charge in [0.2, 0.25) is 0 Å². The Hall–Kier alpha value is -1.59. The molecule has 0 radical (unpaired) electrons. The van der Waals surface area contributed by atoms with E-state index in [2.05, 4.69) is 37.9 Å². The smallest absolute Gasteiger partial charge is 0.256 e. The molecule has 30 heavy (non-hydrogen) atoms. The maximum atomic E-state index is 12.9. The summed E-state index contributed by atoms with van der Waals surface area (Å²) < 4.78 is 11.8. The largest absolute Gasteiger partial charge is 0.494 e. The summed E-state index contributed by atoms with van der Waals surface area (Å²) in [6, 6.07) is 7.64. The van der Waals surface area contributed by atoms with E-state index in [4.69, 9.17) is 9.47 Å². The molecule has 2 unspecified atom stereocenters. The number of likely N-dealkylation sites (tertiary alicyclic amines) is 1. The van der Waals surface area contributed by atoms with Gasteiger partial charge < -0.3 is 19.7 Å². The molecule has 1 aromatic carbocycles. The molecule has 2 atom stereocenters. The Morgan fingerprint density at radius 3 is 2.63 bits per heavy atom. The lowest BCUT2D eigenvalue weighted by Crippen LogP contribution is -2.44. The first-order chi connectivity index (χ1) is 14.3. The molecule has 1 aliphatic heterocycles. The zero-order chi connectivity index (χ0) is 22.0. The van der Waals surface area contributed by atoms with Crippen molar-refractivity contribution in [1.29, 1.82) is 0 Å². The fraction of sp³-hybridized carbons (Fsp3) is 0.720. The number of nitrogens with one attached hydrogen (secondary N) is 1. The van der Waals surface area contributed by atoms with Gasteiger partial charge >= 0.3 is 0 Å². The average molecular weight is 419 g/mol. The zero-order valence-corrected chi connectivity index (χ0v) is 19.7. The summed E-state index contributed by atoms with van der Waals surface area (Å²) in [5.41, 5.74) is -0.0459. The van der Waals surface area contributed by atoms with Crippen LogP contribution in [0.5, 0.6) is 5.75 Å². The molecule has 0 bridgehead atoms. The quantitative estimate of drug-likeness (QED) is 0.465. The minimum Gasteiger partial charge on any atom is -0.494 e. The number of hydrogen-bond acceptors (Lipinski definition) is 4. The number of rotatable bonds is 12. The first kappa shape index (κ1) is 24.7. The Morgan fingerprint density at radius 1 is 1.27 bits per heavy atom. The SMILES string of the molecule is CCCOC(C)(CC(C)C)C(=O)Nc1ccc(OCCCN2CCCC(C)C2)cc1. The lowest BCUT2D eigenvalue weighted by atomic mass is 9.93. The van der Waals surface area contributed by atoms with Crippen LogP contribution in [-0.2, 0) is 9.53 Å². The molecule has 0 aromatic heterocycles. The summed E-state index contributed by atoms with van der Waals surface area (Å²) in [5.74, 6) is 1.94. The summed E-state index contributed by atoms with van der Waals surface area (Å²) in [6.07, 6.45) is 5.29. The molecule has 0 spiro atoms. The van der Waals surface area contributed by atoms with E-state index in [1.165, 1.54) is 25.9 Å². The highest BCUT2D eigenvalue weighted by molar-refractivity contribution is 5.97. The van der Waals surface area contributed by atoms with Gasteiger partial charge in [-0.25, -0.2) is 0 Å². The minimum absolute atomic E-state index is 0.0888. The maximum absolute atomic E-state index is 12.9. The molecule has 1 amide bonds. The second-order valence-electron chi connectivity index (χ2n) is 9.41. The van der Waals surface area contributed by atoms with E-state index >= 15 is 0 Å². The van der Waals surface area contributed by atoms with Gasteiger partial charge in [-0.15, -0.1) is 0 Å². The molecular formula is C25H42N2O3. The Labute approximate surface area is 183 Å². The van der Waals surface area contributed by atoms with E-state index in [-0.39, 0.29) is 5.91 Å². The highest BCUT2D eigenvalue weighted by atomic mass is 16.5. The molecule has 170 valence electrons. The summed E-state index contributed by atoms with van der Waals surface area (Å²) >= 11 is 0. The predicted molar refractivity (Wildman–Crippen MR) is 124 cm³/mol. The molecule has 0 saturated carbocycles. The van der Waals surface area contributed by atoms with Crippen LogP contribution in [-0.4, -0.2) is 49.3 Å². The van der Waals surface area contributed by atoms with E-state index in [1.807, 2.05) is 31.2 Å². The van der Waals surface area contributed by atoms with Gasteiger partial charge in [-0.1, -0.05) is 27.7 Å². The Kier molecular flexibility index (Phi) is 10.1. The fourth-order valence-electron chi connectivity index (χ4n) is 4.19. The Bertz CT molecular complexity index is 632.